The molecule has 19 heavy (non-hydrogen) atoms. The smallest absolute Gasteiger partial charge is 0.233 e. The van der Waals surface area contributed by atoms with Crippen LogP contribution in [0.3, 0.4) is 0 Å². The van der Waals surface area contributed by atoms with E-state index < -0.39 is 0 Å². The van der Waals surface area contributed by atoms with E-state index in [4.69, 9.17) is 11.6 Å². The van der Waals surface area contributed by atoms with Crippen molar-refractivity contribution in [1.82, 2.24) is 15.1 Å². The molecule has 2 amide bonds. The molecule has 1 saturated heterocycles. The van der Waals surface area contributed by atoms with E-state index in [1.807, 2.05) is 0 Å². The van der Waals surface area contributed by atoms with Crippen molar-refractivity contribution >= 4 is 23.4 Å². The van der Waals surface area contributed by atoms with Gasteiger partial charge in [0.15, 0.2) is 5.15 Å². The van der Waals surface area contributed by atoms with Gasteiger partial charge in [-0.1, -0.05) is 18.5 Å². The first kappa shape index (κ1) is 12.5. The van der Waals surface area contributed by atoms with Crippen LogP contribution in [0.2, 0.25) is 5.15 Å². The molecule has 5 nitrogen and oxygen atoms in total. The van der Waals surface area contributed by atoms with Crippen LogP contribution in [-0.4, -0.2) is 26.9 Å². The average Bonchev–Trinajstić information content (AvgIpc) is 2.86. The number of hydrogen-bond acceptors (Lipinski definition) is 4. The van der Waals surface area contributed by atoms with Crippen LogP contribution in [0.1, 0.15) is 25.5 Å². The van der Waals surface area contributed by atoms with E-state index in [1.54, 1.807) is 12.1 Å². The van der Waals surface area contributed by atoms with Gasteiger partial charge in [-0.05, 0) is 30.9 Å². The molecule has 0 bridgehead atoms. The second-order valence-corrected chi connectivity index (χ2v) is 5.79. The van der Waals surface area contributed by atoms with Gasteiger partial charge in [-0.2, -0.15) is 5.10 Å². The normalized spacial score (nSPS) is 30.0. The molecule has 2 aliphatic rings. The zero-order valence-electron chi connectivity index (χ0n) is 10.5. The van der Waals surface area contributed by atoms with Crippen LogP contribution in [0.25, 0.3) is 0 Å². The third kappa shape index (κ3) is 2.12. The summed E-state index contributed by atoms with van der Waals surface area (Å²) >= 11 is 5.66. The molecule has 1 aliphatic heterocycles. The average molecular weight is 280 g/mol. The van der Waals surface area contributed by atoms with E-state index in [9.17, 15) is 9.59 Å². The molecule has 3 rings (SSSR count). The number of halogens is 1. The first-order valence-electron chi connectivity index (χ1n) is 6.39. The van der Waals surface area contributed by atoms with E-state index in [0.717, 1.165) is 12.8 Å². The Morgan fingerprint density at radius 1 is 1.21 bits per heavy atom. The van der Waals surface area contributed by atoms with Gasteiger partial charge in [0.05, 0.1) is 24.1 Å². The maximum absolute atomic E-state index is 12.2. The Labute approximate surface area is 115 Å². The summed E-state index contributed by atoms with van der Waals surface area (Å²) < 4.78 is 0. The van der Waals surface area contributed by atoms with Crippen LogP contribution in [0.4, 0.5) is 0 Å². The Balaban J connectivity index is 1.78. The van der Waals surface area contributed by atoms with Gasteiger partial charge < -0.3 is 0 Å². The van der Waals surface area contributed by atoms with Gasteiger partial charge in [-0.25, -0.2) is 0 Å². The van der Waals surface area contributed by atoms with Crippen LogP contribution in [0.15, 0.2) is 12.1 Å². The summed E-state index contributed by atoms with van der Waals surface area (Å²) in [4.78, 5) is 25.8. The van der Waals surface area contributed by atoms with E-state index in [1.165, 1.54) is 4.90 Å². The molecular formula is C13H14ClN3O2. The summed E-state index contributed by atoms with van der Waals surface area (Å²) in [5.74, 6) is 0.0955. The lowest BCUT2D eigenvalue weighted by molar-refractivity contribution is -0.141. The highest BCUT2D eigenvalue weighted by Gasteiger charge is 2.51. The topological polar surface area (TPSA) is 63.2 Å². The number of rotatable bonds is 2. The summed E-state index contributed by atoms with van der Waals surface area (Å²) in [6.45, 7) is 2.29. The Morgan fingerprint density at radius 2 is 1.84 bits per heavy atom. The summed E-state index contributed by atoms with van der Waals surface area (Å²) in [7, 11) is 0. The van der Waals surface area contributed by atoms with E-state index >= 15 is 0 Å². The number of nitrogens with zero attached hydrogens (tertiary/aromatic N) is 3. The van der Waals surface area contributed by atoms with Crippen molar-refractivity contribution in [3.8, 4) is 0 Å². The molecule has 0 spiro atoms. The number of imide groups is 1. The van der Waals surface area contributed by atoms with Gasteiger partial charge in [0, 0.05) is 0 Å². The highest BCUT2D eigenvalue weighted by Crippen LogP contribution is 2.43. The molecule has 2 atom stereocenters. The number of hydrogen-bond donors (Lipinski definition) is 0. The lowest BCUT2D eigenvalue weighted by Gasteiger charge is -2.15. The fraction of sp³-hybridized carbons (Fsp3) is 0.538. The molecule has 2 unspecified atom stereocenters. The van der Waals surface area contributed by atoms with Crippen LogP contribution >= 0.6 is 11.6 Å². The number of carbonyl (C=O) groups is 2. The SMILES string of the molecule is CC1CC2C(=O)N(Cc3ccc(Cl)nn3)C(=O)C2C1. The van der Waals surface area contributed by atoms with Crippen molar-refractivity contribution in [3.05, 3.63) is 23.0 Å². The van der Waals surface area contributed by atoms with Gasteiger partial charge in [0.25, 0.3) is 0 Å². The number of carbonyl (C=O) groups excluding carboxylic acids is 2. The molecular weight excluding hydrogens is 266 g/mol. The number of fused-ring (bicyclic) bond motifs is 1. The van der Waals surface area contributed by atoms with Crippen LogP contribution in [0.5, 0.6) is 0 Å². The van der Waals surface area contributed by atoms with E-state index in [2.05, 4.69) is 17.1 Å². The molecule has 0 aromatic carbocycles. The van der Waals surface area contributed by atoms with Gasteiger partial charge in [-0.3, -0.25) is 14.5 Å². The van der Waals surface area contributed by atoms with Crippen molar-refractivity contribution in [2.75, 3.05) is 0 Å². The van der Waals surface area contributed by atoms with Gasteiger partial charge in [-0.15, -0.1) is 5.10 Å². The van der Waals surface area contributed by atoms with Gasteiger partial charge in [0.1, 0.15) is 0 Å². The summed E-state index contributed by atoms with van der Waals surface area (Å²) in [6, 6.07) is 3.30. The molecule has 1 saturated carbocycles. The number of likely N-dealkylation sites (tertiary alicyclic amines) is 1. The predicted octanol–water partition coefficient (Wildman–Crippen LogP) is 1.66. The minimum atomic E-state index is -0.122. The van der Waals surface area contributed by atoms with Crippen LogP contribution < -0.4 is 0 Å². The first-order valence-corrected chi connectivity index (χ1v) is 6.77. The summed E-state index contributed by atoms with van der Waals surface area (Å²) in [5, 5.41) is 7.91. The van der Waals surface area contributed by atoms with Gasteiger partial charge >= 0.3 is 0 Å². The summed E-state index contributed by atoms with van der Waals surface area (Å²) in [6.07, 6.45) is 1.63. The van der Waals surface area contributed by atoms with E-state index in [-0.39, 0.29) is 30.2 Å². The van der Waals surface area contributed by atoms with Crippen molar-refractivity contribution < 1.29 is 9.59 Å². The molecule has 2 fully saturated rings. The lowest BCUT2D eigenvalue weighted by Crippen LogP contribution is -2.32. The second-order valence-electron chi connectivity index (χ2n) is 5.40. The third-order valence-electron chi connectivity index (χ3n) is 3.97. The first-order chi connectivity index (χ1) is 9.06. The van der Waals surface area contributed by atoms with Crippen molar-refractivity contribution in [2.24, 2.45) is 17.8 Å². The fourth-order valence-electron chi connectivity index (χ4n) is 3.09. The largest absolute Gasteiger partial charge is 0.276 e. The molecule has 1 aliphatic carbocycles. The standard InChI is InChI=1S/C13H14ClN3O2/c1-7-4-9-10(5-7)13(19)17(12(9)18)6-8-2-3-11(14)16-15-8/h2-3,7,9-10H,4-6H2,1H3. The Hall–Kier alpha value is -1.49. The number of aromatic nitrogens is 2. The third-order valence-corrected chi connectivity index (χ3v) is 4.17. The Morgan fingerprint density at radius 3 is 2.37 bits per heavy atom. The van der Waals surface area contributed by atoms with Crippen molar-refractivity contribution in [3.63, 3.8) is 0 Å². The molecule has 0 radical (unpaired) electrons. The lowest BCUT2D eigenvalue weighted by atomic mass is 10.00. The molecule has 2 heterocycles. The highest BCUT2D eigenvalue weighted by molar-refractivity contribution is 6.29. The molecule has 6 heteroatoms. The molecule has 100 valence electrons. The highest BCUT2D eigenvalue weighted by atomic mass is 35.5. The minimum absolute atomic E-state index is 0.0592. The summed E-state index contributed by atoms with van der Waals surface area (Å²) in [5.41, 5.74) is 0.583. The number of amides is 2. The van der Waals surface area contributed by atoms with Crippen LogP contribution in [0, 0.1) is 17.8 Å². The predicted molar refractivity (Wildman–Crippen MR) is 68.0 cm³/mol. The monoisotopic (exact) mass is 279 g/mol. The van der Waals surface area contributed by atoms with E-state index in [0.29, 0.717) is 16.8 Å². The minimum Gasteiger partial charge on any atom is -0.276 e. The molecule has 0 N–H and O–H groups in total. The molecule has 1 aromatic rings. The zero-order valence-corrected chi connectivity index (χ0v) is 11.3. The maximum Gasteiger partial charge on any atom is 0.233 e. The Bertz CT molecular complexity index is 507. The second kappa shape index (κ2) is 4.56. The quantitative estimate of drug-likeness (QED) is 0.773. The van der Waals surface area contributed by atoms with Gasteiger partial charge in [0.2, 0.25) is 11.8 Å². The zero-order chi connectivity index (χ0) is 13.6. The van der Waals surface area contributed by atoms with Crippen molar-refractivity contribution in [1.29, 1.82) is 0 Å². The Kier molecular flexibility index (Phi) is 3.01. The van der Waals surface area contributed by atoms with Crippen LogP contribution in [-0.2, 0) is 16.1 Å². The van der Waals surface area contributed by atoms with Crippen molar-refractivity contribution in [2.45, 2.75) is 26.3 Å². The molecule has 1 aromatic heterocycles. The fourth-order valence-corrected chi connectivity index (χ4v) is 3.19. The maximum atomic E-state index is 12.2.